The summed E-state index contributed by atoms with van der Waals surface area (Å²) in [6, 6.07) is 6.56. The van der Waals surface area contributed by atoms with Gasteiger partial charge in [-0.1, -0.05) is 6.07 Å². The van der Waals surface area contributed by atoms with Gasteiger partial charge in [0.1, 0.15) is 11.5 Å². The Hall–Kier alpha value is -3.35. The summed E-state index contributed by atoms with van der Waals surface area (Å²) in [4.78, 5) is 28.3. The average molecular weight is 321 g/mol. The van der Waals surface area contributed by atoms with E-state index in [1.54, 1.807) is 36.8 Å². The molecule has 24 heavy (non-hydrogen) atoms. The van der Waals surface area contributed by atoms with Gasteiger partial charge in [-0.05, 0) is 32.0 Å². The van der Waals surface area contributed by atoms with E-state index in [1.165, 1.54) is 6.07 Å². The van der Waals surface area contributed by atoms with Gasteiger partial charge in [-0.15, -0.1) is 0 Å². The van der Waals surface area contributed by atoms with Crippen LogP contribution in [0.3, 0.4) is 0 Å². The molecule has 0 amide bonds. The van der Waals surface area contributed by atoms with E-state index < -0.39 is 5.97 Å². The van der Waals surface area contributed by atoms with Crippen LogP contribution in [-0.2, 0) is 0 Å². The third kappa shape index (κ3) is 3.19. The summed E-state index contributed by atoms with van der Waals surface area (Å²) >= 11 is 0. The first kappa shape index (κ1) is 15.5. The maximum absolute atomic E-state index is 11.1. The Bertz CT molecular complexity index is 897. The van der Waals surface area contributed by atoms with Crippen LogP contribution < -0.4 is 5.32 Å². The normalized spacial score (nSPS) is 10.4. The summed E-state index contributed by atoms with van der Waals surface area (Å²) in [7, 11) is 0. The quantitative estimate of drug-likeness (QED) is 0.761. The van der Waals surface area contributed by atoms with Crippen molar-refractivity contribution in [3.05, 3.63) is 59.7 Å². The van der Waals surface area contributed by atoms with Crippen molar-refractivity contribution in [3.8, 4) is 11.5 Å². The summed E-state index contributed by atoms with van der Waals surface area (Å²) in [6.07, 6.45) is 4.76. The maximum Gasteiger partial charge on any atom is 0.335 e. The van der Waals surface area contributed by atoms with Crippen LogP contribution in [0, 0.1) is 13.8 Å². The molecule has 2 heterocycles. The van der Waals surface area contributed by atoms with E-state index in [4.69, 9.17) is 5.11 Å². The zero-order chi connectivity index (χ0) is 17.1. The number of nitrogens with zero attached hydrogens (tertiary/aromatic N) is 4. The smallest absolute Gasteiger partial charge is 0.335 e. The molecule has 3 rings (SSSR count). The van der Waals surface area contributed by atoms with Crippen LogP contribution in [0.2, 0.25) is 0 Å². The minimum Gasteiger partial charge on any atom is -0.478 e. The second kappa shape index (κ2) is 6.41. The number of nitrogens with one attached hydrogen (secondary N) is 1. The largest absolute Gasteiger partial charge is 0.478 e. The van der Waals surface area contributed by atoms with E-state index in [0.717, 1.165) is 11.3 Å². The first-order chi connectivity index (χ1) is 11.5. The van der Waals surface area contributed by atoms with Gasteiger partial charge in [-0.3, -0.25) is 4.98 Å². The number of carbonyl (C=O) groups is 1. The van der Waals surface area contributed by atoms with Gasteiger partial charge >= 0.3 is 5.97 Å². The average Bonchev–Trinajstić information content (AvgIpc) is 2.59. The predicted octanol–water partition coefficient (Wildman–Crippen LogP) is 2.99. The molecule has 0 fully saturated rings. The van der Waals surface area contributed by atoms with Crippen molar-refractivity contribution in [2.24, 2.45) is 0 Å². The van der Waals surface area contributed by atoms with Crippen molar-refractivity contribution >= 4 is 17.5 Å². The molecule has 3 aromatic rings. The van der Waals surface area contributed by atoms with Gasteiger partial charge in [0.2, 0.25) is 0 Å². The Morgan fingerprint density at radius 1 is 1.17 bits per heavy atom. The number of aromatic carboxylic acids is 1. The Balaban J connectivity index is 2.00. The maximum atomic E-state index is 11.1. The highest BCUT2D eigenvalue weighted by Crippen LogP contribution is 2.23. The molecule has 0 saturated heterocycles. The Labute approximate surface area is 138 Å². The molecular formula is C17H15N5O2. The molecule has 120 valence electrons. The van der Waals surface area contributed by atoms with E-state index in [2.05, 4.69) is 25.3 Å². The van der Waals surface area contributed by atoms with Crippen LogP contribution in [0.5, 0.6) is 0 Å². The monoisotopic (exact) mass is 321 g/mol. The number of hydrogen-bond acceptors (Lipinski definition) is 6. The summed E-state index contributed by atoms with van der Waals surface area (Å²) < 4.78 is 0. The fourth-order valence-electron chi connectivity index (χ4n) is 2.15. The topological polar surface area (TPSA) is 101 Å². The second-order valence-corrected chi connectivity index (χ2v) is 5.21. The number of hydrogen-bond donors (Lipinski definition) is 2. The van der Waals surface area contributed by atoms with Crippen LogP contribution in [0.1, 0.15) is 21.6 Å². The highest BCUT2D eigenvalue weighted by Gasteiger charge is 2.12. The Morgan fingerprint density at radius 2 is 2.00 bits per heavy atom. The van der Waals surface area contributed by atoms with Crippen molar-refractivity contribution in [2.75, 3.05) is 5.32 Å². The van der Waals surface area contributed by atoms with Crippen molar-refractivity contribution in [1.29, 1.82) is 0 Å². The molecule has 0 atom stereocenters. The van der Waals surface area contributed by atoms with Gasteiger partial charge in [-0.2, -0.15) is 0 Å². The number of aryl methyl sites for hydroxylation is 1. The minimum atomic E-state index is -0.977. The van der Waals surface area contributed by atoms with Gasteiger partial charge in [0.15, 0.2) is 5.82 Å². The van der Waals surface area contributed by atoms with Crippen LogP contribution in [0.15, 0.2) is 42.9 Å². The Kier molecular flexibility index (Phi) is 4.15. The van der Waals surface area contributed by atoms with Crippen molar-refractivity contribution in [1.82, 2.24) is 19.9 Å². The molecule has 0 aliphatic heterocycles. The van der Waals surface area contributed by atoms with Crippen molar-refractivity contribution < 1.29 is 9.90 Å². The van der Waals surface area contributed by atoms with Gasteiger partial charge in [0.25, 0.3) is 0 Å². The summed E-state index contributed by atoms with van der Waals surface area (Å²) in [5.41, 5.74) is 3.10. The van der Waals surface area contributed by atoms with Gasteiger partial charge in [0, 0.05) is 29.3 Å². The van der Waals surface area contributed by atoms with Crippen molar-refractivity contribution in [2.45, 2.75) is 13.8 Å². The zero-order valence-electron chi connectivity index (χ0n) is 13.2. The molecule has 0 unspecified atom stereocenters. The molecule has 0 saturated carbocycles. The minimum absolute atomic E-state index is 0.206. The lowest BCUT2D eigenvalue weighted by Crippen LogP contribution is -2.04. The number of carboxylic acids is 1. The molecule has 0 aliphatic rings. The molecular weight excluding hydrogens is 306 g/mol. The van der Waals surface area contributed by atoms with Crippen LogP contribution in [0.4, 0.5) is 11.5 Å². The molecule has 7 heteroatoms. The number of aromatic nitrogens is 4. The third-order valence-corrected chi connectivity index (χ3v) is 3.55. The SMILES string of the molecule is Cc1nc(-c2cnccn2)nc(Nc2cccc(C(=O)O)c2)c1C. The molecule has 2 N–H and O–H groups in total. The first-order valence-corrected chi connectivity index (χ1v) is 7.26. The molecule has 0 bridgehead atoms. The van der Waals surface area contributed by atoms with E-state index in [0.29, 0.717) is 23.0 Å². The second-order valence-electron chi connectivity index (χ2n) is 5.21. The fraction of sp³-hybridized carbons (Fsp3) is 0.118. The lowest BCUT2D eigenvalue weighted by molar-refractivity contribution is 0.0697. The number of carboxylic acid groups (broad SMARTS) is 1. The first-order valence-electron chi connectivity index (χ1n) is 7.26. The number of anilines is 2. The zero-order valence-corrected chi connectivity index (χ0v) is 13.2. The van der Waals surface area contributed by atoms with Crippen molar-refractivity contribution in [3.63, 3.8) is 0 Å². The van der Waals surface area contributed by atoms with Gasteiger partial charge in [0.05, 0.1) is 11.8 Å². The molecule has 0 aliphatic carbocycles. The van der Waals surface area contributed by atoms with Gasteiger partial charge in [-0.25, -0.2) is 19.7 Å². The molecule has 0 spiro atoms. The highest BCUT2D eigenvalue weighted by atomic mass is 16.4. The standard InChI is InChI=1S/C17H15N5O2/c1-10-11(2)20-16(14-9-18-6-7-19-14)22-15(10)21-13-5-3-4-12(8-13)17(23)24/h3-9H,1-2H3,(H,23,24)(H,20,21,22). The lowest BCUT2D eigenvalue weighted by atomic mass is 10.2. The molecule has 0 radical (unpaired) electrons. The number of rotatable bonds is 4. The van der Waals surface area contributed by atoms with Gasteiger partial charge < -0.3 is 10.4 Å². The summed E-state index contributed by atoms with van der Waals surface area (Å²) in [5.74, 6) is 0.0864. The van der Waals surface area contributed by atoms with Crippen LogP contribution in [-0.4, -0.2) is 31.0 Å². The predicted molar refractivity (Wildman–Crippen MR) is 89.2 cm³/mol. The summed E-state index contributed by atoms with van der Waals surface area (Å²) in [6.45, 7) is 3.79. The molecule has 7 nitrogen and oxygen atoms in total. The molecule has 1 aromatic carbocycles. The van der Waals surface area contributed by atoms with Crippen LogP contribution >= 0.6 is 0 Å². The lowest BCUT2D eigenvalue weighted by Gasteiger charge is -2.12. The summed E-state index contributed by atoms with van der Waals surface area (Å²) in [5, 5.41) is 12.3. The van der Waals surface area contributed by atoms with E-state index in [1.807, 2.05) is 13.8 Å². The van der Waals surface area contributed by atoms with E-state index in [9.17, 15) is 4.79 Å². The molecule has 2 aromatic heterocycles. The van der Waals surface area contributed by atoms with E-state index in [-0.39, 0.29) is 5.56 Å². The third-order valence-electron chi connectivity index (χ3n) is 3.55. The van der Waals surface area contributed by atoms with E-state index >= 15 is 0 Å². The Morgan fingerprint density at radius 3 is 2.71 bits per heavy atom. The fourth-order valence-corrected chi connectivity index (χ4v) is 2.15. The van der Waals surface area contributed by atoms with Crippen LogP contribution in [0.25, 0.3) is 11.5 Å². The number of benzene rings is 1. The highest BCUT2D eigenvalue weighted by molar-refractivity contribution is 5.89.